The summed E-state index contributed by atoms with van der Waals surface area (Å²) in [6, 6.07) is 6.20. The molecule has 0 amide bonds. The lowest BCUT2D eigenvalue weighted by molar-refractivity contribution is 0.0741. The molecule has 2 aliphatic carbocycles. The van der Waals surface area contributed by atoms with Crippen molar-refractivity contribution in [1.29, 1.82) is 0 Å². The van der Waals surface area contributed by atoms with Gasteiger partial charge in [0.05, 0.1) is 13.2 Å². The smallest absolute Gasteiger partial charge is 0.200 e. The third kappa shape index (κ3) is 6.98. The van der Waals surface area contributed by atoms with Crippen molar-refractivity contribution < 1.29 is 31.8 Å². The summed E-state index contributed by atoms with van der Waals surface area (Å²) in [4.78, 5) is 0. The van der Waals surface area contributed by atoms with Crippen molar-refractivity contribution in [2.45, 2.75) is 77.0 Å². The van der Waals surface area contributed by atoms with Gasteiger partial charge in [-0.3, -0.25) is 0 Å². The Morgan fingerprint density at radius 3 is 1.30 bits per heavy atom. The Hall–Kier alpha value is -2.28. The van der Waals surface area contributed by atoms with Crippen molar-refractivity contribution in [3.8, 4) is 11.5 Å². The molecule has 2 fully saturated rings. The summed E-state index contributed by atoms with van der Waals surface area (Å²) in [6.45, 7) is 4.64. The molecule has 0 heterocycles. The van der Waals surface area contributed by atoms with E-state index in [1.165, 1.54) is 12.1 Å². The lowest BCUT2D eigenvalue weighted by Crippen LogP contribution is -2.15. The zero-order chi connectivity index (χ0) is 26.4. The van der Waals surface area contributed by atoms with E-state index in [-0.39, 0.29) is 49.8 Å². The Morgan fingerprint density at radius 2 is 0.919 bits per heavy atom. The molecule has 0 N–H and O–H groups in total. The molecular weight excluding hydrogens is 484 g/mol. The molecule has 0 radical (unpaired) electrons. The van der Waals surface area contributed by atoms with Gasteiger partial charge < -0.3 is 14.2 Å². The fourth-order valence-corrected chi connectivity index (χ4v) is 5.61. The SMILES string of the molecule is CC1CCC(c2ccc(OCCOCCOc3ccc(C4CCC(C)CC4)c(F)c3F)c(F)c2F)CC1. The summed E-state index contributed by atoms with van der Waals surface area (Å²) >= 11 is 0. The molecule has 3 nitrogen and oxygen atoms in total. The van der Waals surface area contributed by atoms with E-state index in [1.807, 2.05) is 0 Å². The molecule has 2 aromatic rings. The molecule has 0 aromatic heterocycles. The van der Waals surface area contributed by atoms with Crippen LogP contribution in [-0.2, 0) is 4.74 Å². The Balaban J connectivity index is 1.18. The minimum absolute atomic E-state index is 0.0222. The van der Waals surface area contributed by atoms with Gasteiger partial charge in [0, 0.05) is 0 Å². The quantitative estimate of drug-likeness (QED) is 0.232. The number of rotatable bonds is 10. The van der Waals surface area contributed by atoms with Gasteiger partial charge in [-0.05, 0) is 72.6 Å². The molecule has 2 saturated carbocycles. The van der Waals surface area contributed by atoms with E-state index in [0.29, 0.717) is 23.0 Å². The third-order valence-electron chi connectivity index (χ3n) is 8.04. The van der Waals surface area contributed by atoms with Gasteiger partial charge in [-0.2, -0.15) is 8.78 Å². The van der Waals surface area contributed by atoms with Crippen molar-refractivity contribution in [1.82, 2.24) is 0 Å². The summed E-state index contributed by atoms with van der Waals surface area (Å²) in [7, 11) is 0. The highest BCUT2D eigenvalue weighted by atomic mass is 19.2. The number of hydrogen-bond acceptors (Lipinski definition) is 3. The highest BCUT2D eigenvalue weighted by Gasteiger charge is 2.26. The molecular formula is C30H38F4O3. The number of ether oxygens (including phenoxy) is 3. The van der Waals surface area contributed by atoms with Crippen LogP contribution in [0.25, 0.3) is 0 Å². The lowest BCUT2D eigenvalue weighted by atomic mass is 9.79. The fraction of sp³-hybridized carbons (Fsp3) is 0.600. The van der Waals surface area contributed by atoms with Crippen LogP contribution >= 0.6 is 0 Å². The number of halogens is 4. The molecule has 0 spiro atoms. The fourth-order valence-electron chi connectivity index (χ4n) is 5.61. The molecule has 0 bridgehead atoms. The molecule has 0 aliphatic heterocycles. The highest BCUT2D eigenvalue weighted by molar-refractivity contribution is 5.34. The summed E-state index contributed by atoms with van der Waals surface area (Å²) < 4.78 is 74.4. The van der Waals surface area contributed by atoms with Crippen molar-refractivity contribution >= 4 is 0 Å². The molecule has 0 atom stereocenters. The second kappa shape index (κ2) is 13.0. The molecule has 7 heteroatoms. The van der Waals surface area contributed by atoms with E-state index in [0.717, 1.165) is 51.4 Å². The van der Waals surface area contributed by atoms with Crippen LogP contribution in [-0.4, -0.2) is 26.4 Å². The van der Waals surface area contributed by atoms with Crippen molar-refractivity contribution in [3.63, 3.8) is 0 Å². The first-order valence-electron chi connectivity index (χ1n) is 13.6. The van der Waals surface area contributed by atoms with Crippen molar-refractivity contribution in [2.24, 2.45) is 11.8 Å². The third-order valence-corrected chi connectivity index (χ3v) is 8.04. The van der Waals surface area contributed by atoms with Crippen molar-refractivity contribution in [2.75, 3.05) is 26.4 Å². The van der Waals surface area contributed by atoms with Crippen LogP contribution in [0.2, 0.25) is 0 Å². The predicted octanol–water partition coefficient (Wildman–Crippen LogP) is 8.30. The zero-order valence-corrected chi connectivity index (χ0v) is 21.8. The van der Waals surface area contributed by atoms with Gasteiger partial charge in [0.2, 0.25) is 11.6 Å². The molecule has 0 saturated heterocycles. The monoisotopic (exact) mass is 522 g/mol. The van der Waals surface area contributed by atoms with Crippen LogP contribution in [0, 0.1) is 35.1 Å². The van der Waals surface area contributed by atoms with E-state index in [2.05, 4.69) is 13.8 Å². The predicted molar refractivity (Wildman–Crippen MR) is 135 cm³/mol. The summed E-state index contributed by atoms with van der Waals surface area (Å²) in [5, 5.41) is 0. The van der Waals surface area contributed by atoms with Gasteiger partial charge in [0.1, 0.15) is 13.2 Å². The van der Waals surface area contributed by atoms with E-state index in [1.54, 1.807) is 12.1 Å². The maximum Gasteiger partial charge on any atom is 0.200 e. The molecule has 2 aromatic carbocycles. The minimum atomic E-state index is -0.969. The van der Waals surface area contributed by atoms with Gasteiger partial charge in [0.25, 0.3) is 0 Å². The summed E-state index contributed by atoms with van der Waals surface area (Å²) in [6.07, 6.45) is 7.58. The van der Waals surface area contributed by atoms with Gasteiger partial charge in [-0.15, -0.1) is 0 Å². The molecule has 37 heavy (non-hydrogen) atoms. The lowest BCUT2D eigenvalue weighted by Gasteiger charge is -2.27. The Bertz CT molecular complexity index is 946. The van der Waals surface area contributed by atoms with Crippen LogP contribution in [0.1, 0.15) is 88.2 Å². The maximum atomic E-state index is 14.6. The Morgan fingerprint density at radius 1 is 0.541 bits per heavy atom. The van der Waals surface area contributed by atoms with Gasteiger partial charge >= 0.3 is 0 Å². The first-order chi connectivity index (χ1) is 17.8. The van der Waals surface area contributed by atoms with Crippen LogP contribution in [0.15, 0.2) is 24.3 Å². The second-order valence-corrected chi connectivity index (χ2v) is 10.8. The zero-order valence-electron chi connectivity index (χ0n) is 21.8. The number of hydrogen-bond donors (Lipinski definition) is 0. The van der Waals surface area contributed by atoms with Crippen LogP contribution in [0.4, 0.5) is 17.6 Å². The maximum absolute atomic E-state index is 14.6. The average Bonchev–Trinajstić information content (AvgIpc) is 2.90. The van der Waals surface area contributed by atoms with E-state index in [4.69, 9.17) is 14.2 Å². The second-order valence-electron chi connectivity index (χ2n) is 10.8. The number of benzene rings is 2. The topological polar surface area (TPSA) is 27.7 Å². The molecule has 2 aliphatic rings. The molecule has 204 valence electrons. The van der Waals surface area contributed by atoms with Gasteiger partial charge in [0.15, 0.2) is 23.1 Å². The van der Waals surface area contributed by atoms with Crippen LogP contribution < -0.4 is 9.47 Å². The minimum Gasteiger partial charge on any atom is -0.488 e. The van der Waals surface area contributed by atoms with Gasteiger partial charge in [-0.1, -0.05) is 51.7 Å². The van der Waals surface area contributed by atoms with E-state index in [9.17, 15) is 17.6 Å². The summed E-state index contributed by atoms with van der Waals surface area (Å²) in [5.74, 6) is -2.52. The van der Waals surface area contributed by atoms with Crippen molar-refractivity contribution in [3.05, 3.63) is 58.7 Å². The normalized spacial score (nSPS) is 24.2. The van der Waals surface area contributed by atoms with E-state index >= 15 is 0 Å². The van der Waals surface area contributed by atoms with Crippen LogP contribution in [0.5, 0.6) is 11.5 Å². The van der Waals surface area contributed by atoms with E-state index < -0.39 is 23.3 Å². The van der Waals surface area contributed by atoms with Gasteiger partial charge in [-0.25, -0.2) is 8.78 Å². The first kappa shape index (κ1) is 27.7. The Kier molecular flexibility index (Phi) is 9.74. The molecule has 4 rings (SSSR count). The summed E-state index contributed by atoms with van der Waals surface area (Å²) in [5.41, 5.74) is 0.852. The standard InChI is InChI=1S/C30H38F4O3/c1-19-3-7-21(8-4-19)23-11-13-25(29(33)27(23)31)36-17-15-35-16-18-37-26-14-12-24(28(32)30(26)34)22-9-5-20(2)6-10-22/h11-14,19-22H,3-10,15-18H2,1-2H3. The molecule has 0 unspecified atom stereocenters. The largest absolute Gasteiger partial charge is 0.488 e. The Labute approximate surface area is 217 Å². The average molecular weight is 523 g/mol. The highest BCUT2D eigenvalue weighted by Crippen LogP contribution is 2.39. The van der Waals surface area contributed by atoms with Crippen LogP contribution in [0.3, 0.4) is 0 Å². The first-order valence-corrected chi connectivity index (χ1v) is 13.6.